The molecular weight excluding hydrogens is 364 g/mol. The van der Waals surface area contributed by atoms with E-state index in [-0.39, 0.29) is 6.61 Å². The first-order valence-electron chi connectivity index (χ1n) is 9.54. The zero-order chi connectivity index (χ0) is 19.6. The number of para-hydroxylation sites is 2. The molecule has 1 aliphatic carbocycles. The molecule has 7 nitrogen and oxygen atoms in total. The second-order valence-electron chi connectivity index (χ2n) is 6.78. The Balaban J connectivity index is 1.59. The number of rotatable bonds is 6. The second-order valence-corrected chi connectivity index (χ2v) is 6.78. The van der Waals surface area contributed by atoms with Crippen molar-refractivity contribution in [2.75, 3.05) is 23.5 Å². The van der Waals surface area contributed by atoms with Gasteiger partial charge < -0.3 is 10.0 Å². The van der Waals surface area contributed by atoms with E-state index in [9.17, 15) is 5.11 Å². The molecule has 144 valence electrons. The molecule has 2 N–H and O–H groups in total. The zero-order valence-corrected chi connectivity index (χ0v) is 15.7. The molecule has 7 heteroatoms. The minimum atomic E-state index is -0.00225. The van der Waals surface area contributed by atoms with Gasteiger partial charge in [0, 0.05) is 23.2 Å². The Kier molecular flexibility index (Phi) is 4.42. The number of nitrogens with one attached hydrogen (secondary N) is 1. The summed E-state index contributed by atoms with van der Waals surface area (Å²) in [6.45, 7) is 0.397. The second kappa shape index (κ2) is 7.37. The first-order chi connectivity index (χ1) is 14.3. The van der Waals surface area contributed by atoms with E-state index in [1.54, 1.807) is 4.79 Å². The average molecular weight is 384 g/mol. The van der Waals surface area contributed by atoms with Gasteiger partial charge in [0.25, 0.3) is 0 Å². The lowest BCUT2D eigenvalue weighted by molar-refractivity contribution is 0.305. The Morgan fingerprint density at radius 3 is 2.72 bits per heavy atom. The van der Waals surface area contributed by atoms with Gasteiger partial charge >= 0.3 is 0 Å². The van der Waals surface area contributed by atoms with Gasteiger partial charge in [0.1, 0.15) is 0 Å². The summed E-state index contributed by atoms with van der Waals surface area (Å²) >= 11 is 0. The van der Waals surface area contributed by atoms with Crippen LogP contribution in [0.3, 0.4) is 0 Å². The lowest BCUT2D eigenvalue weighted by atomic mass is 10.2. The first-order valence-corrected chi connectivity index (χ1v) is 9.54. The average Bonchev–Trinajstić information content (AvgIpc) is 3.40. The first kappa shape index (κ1) is 17.4. The van der Waals surface area contributed by atoms with Gasteiger partial charge in [0.15, 0.2) is 5.82 Å². The van der Waals surface area contributed by atoms with Crippen LogP contribution in [0.2, 0.25) is 0 Å². The van der Waals surface area contributed by atoms with Crippen LogP contribution in [-0.2, 0) is 6.42 Å². The van der Waals surface area contributed by atoms with Crippen LogP contribution in [-0.4, -0.2) is 38.1 Å². The van der Waals surface area contributed by atoms with E-state index in [2.05, 4.69) is 16.6 Å². The van der Waals surface area contributed by atoms with Gasteiger partial charge in [-0.3, -0.25) is 5.43 Å². The number of aliphatic hydroxyl groups is 1. The molecule has 2 heterocycles. The van der Waals surface area contributed by atoms with Crippen molar-refractivity contribution in [2.45, 2.75) is 6.42 Å². The van der Waals surface area contributed by atoms with Crippen molar-refractivity contribution in [3.63, 3.8) is 0 Å². The van der Waals surface area contributed by atoms with E-state index < -0.39 is 0 Å². The van der Waals surface area contributed by atoms with E-state index in [0.717, 1.165) is 34.3 Å². The fourth-order valence-corrected chi connectivity index (χ4v) is 3.54. The predicted octanol–water partition coefficient (Wildman–Crippen LogP) is 3.40. The summed E-state index contributed by atoms with van der Waals surface area (Å²) in [6, 6.07) is 17.9. The maximum absolute atomic E-state index is 9.61. The Labute approximate surface area is 167 Å². The molecule has 5 rings (SSSR count). The minimum Gasteiger partial charge on any atom is -0.395 e. The molecule has 0 bridgehead atoms. The van der Waals surface area contributed by atoms with Gasteiger partial charge in [0.2, 0.25) is 5.95 Å². The molecule has 0 spiro atoms. The number of hydrogen-bond donors (Lipinski definition) is 2. The van der Waals surface area contributed by atoms with Crippen molar-refractivity contribution in [3.8, 4) is 0 Å². The summed E-state index contributed by atoms with van der Waals surface area (Å²) in [5, 5.41) is 15.1. The highest BCUT2D eigenvalue weighted by Crippen LogP contribution is 2.30. The predicted molar refractivity (Wildman–Crippen MR) is 114 cm³/mol. The molecule has 0 saturated carbocycles. The fourth-order valence-electron chi connectivity index (χ4n) is 3.54. The number of hydrogen-bond acceptors (Lipinski definition) is 6. The van der Waals surface area contributed by atoms with E-state index in [1.165, 1.54) is 0 Å². The van der Waals surface area contributed by atoms with E-state index in [4.69, 9.17) is 9.97 Å². The van der Waals surface area contributed by atoms with Crippen LogP contribution in [0.1, 0.15) is 11.3 Å². The van der Waals surface area contributed by atoms with E-state index in [0.29, 0.717) is 18.3 Å². The molecule has 0 atom stereocenters. The molecular formula is C22H20N6O. The van der Waals surface area contributed by atoms with Crippen molar-refractivity contribution in [2.24, 2.45) is 0 Å². The van der Waals surface area contributed by atoms with Crippen LogP contribution >= 0.6 is 0 Å². The molecule has 0 aliphatic heterocycles. The molecule has 0 unspecified atom stereocenters. The third-order valence-electron chi connectivity index (χ3n) is 4.95. The zero-order valence-electron chi connectivity index (χ0n) is 15.7. The topological polar surface area (TPSA) is 79.1 Å². The van der Waals surface area contributed by atoms with Gasteiger partial charge in [0.05, 0.1) is 24.0 Å². The Hall–Kier alpha value is -3.71. The number of anilines is 3. The van der Waals surface area contributed by atoms with Crippen LogP contribution in [0, 0.1) is 0 Å². The monoisotopic (exact) mass is 384 g/mol. The number of aromatic nitrogens is 4. The molecule has 2 aromatic heterocycles. The van der Waals surface area contributed by atoms with Gasteiger partial charge in [-0.05, 0) is 30.7 Å². The Bertz CT molecular complexity index is 1180. The van der Waals surface area contributed by atoms with Gasteiger partial charge in [-0.25, -0.2) is 4.98 Å². The lowest BCUT2D eigenvalue weighted by Gasteiger charge is -2.23. The van der Waals surface area contributed by atoms with Gasteiger partial charge in [-0.15, -0.1) is 0 Å². The van der Waals surface area contributed by atoms with Crippen LogP contribution in [0.15, 0.2) is 66.9 Å². The standard InChI is InChI=1S/C22H20N6O/c29-14-13-27(17-8-2-1-3-9-17)22-24-19-11-6-10-18(19)21(25-22)26-28-20-12-5-4-7-16(20)15-23-28/h1-9,11-12,15,29H,10,13-14H2,(H,24,25,26). The Morgan fingerprint density at radius 1 is 1.03 bits per heavy atom. The molecule has 0 amide bonds. The SMILES string of the molecule is OCCN(c1ccccc1)c1nc2c(c(Nn3ncc4ccccc43)n1)CC=C2. The molecule has 29 heavy (non-hydrogen) atoms. The smallest absolute Gasteiger partial charge is 0.232 e. The highest BCUT2D eigenvalue weighted by molar-refractivity contribution is 5.79. The van der Waals surface area contributed by atoms with Crippen LogP contribution < -0.4 is 10.3 Å². The van der Waals surface area contributed by atoms with Crippen LogP contribution in [0.5, 0.6) is 0 Å². The summed E-state index contributed by atoms with van der Waals surface area (Å²) in [5.74, 6) is 1.25. The summed E-state index contributed by atoms with van der Waals surface area (Å²) in [6.07, 6.45) is 6.68. The highest BCUT2D eigenvalue weighted by Gasteiger charge is 2.20. The number of benzene rings is 2. The maximum Gasteiger partial charge on any atom is 0.232 e. The summed E-state index contributed by atoms with van der Waals surface area (Å²) < 4.78 is 0. The number of nitrogens with zero attached hydrogens (tertiary/aromatic N) is 5. The third-order valence-corrected chi connectivity index (χ3v) is 4.95. The normalized spacial score (nSPS) is 12.3. The number of allylic oxidation sites excluding steroid dienone is 1. The quantitative estimate of drug-likeness (QED) is 0.530. The van der Waals surface area contributed by atoms with Crippen molar-refractivity contribution in [1.82, 2.24) is 19.9 Å². The van der Waals surface area contributed by atoms with E-state index >= 15 is 0 Å². The van der Waals surface area contributed by atoms with E-state index in [1.807, 2.05) is 71.8 Å². The van der Waals surface area contributed by atoms with Crippen molar-refractivity contribution < 1.29 is 5.11 Å². The van der Waals surface area contributed by atoms with Crippen molar-refractivity contribution >= 4 is 34.4 Å². The molecule has 1 aliphatic rings. The van der Waals surface area contributed by atoms with Crippen molar-refractivity contribution in [1.29, 1.82) is 0 Å². The molecule has 4 aromatic rings. The lowest BCUT2D eigenvalue weighted by Crippen LogP contribution is -2.25. The maximum atomic E-state index is 9.61. The van der Waals surface area contributed by atoms with Gasteiger partial charge in [-0.1, -0.05) is 42.5 Å². The largest absolute Gasteiger partial charge is 0.395 e. The summed E-state index contributed by atoms with van der Waals surface area (Å²) in [7, 11) is 0. The number of fused-ring (bicyclic) bond motifs is 2. The third kappa shape index (κ3) is 3.21. The van der Waals surface area contributed by atoms with Crippen LogP contribution in [0.25, 0.3) is 17.0 Å². The minimum absolute atomic E-state index is 0.00225. The van der Waals surface area contributed by atoms with Crippen molar-refractivity contribution in [3.05, 3.63) is 78.1 Å². The molecule has 0 saturated heterocycles. The highest BCUT2D eigenvalue weighted by atomic mass is 16.3. The summed E-state index contributed by atoms with van der Waals surface area (Å²) in [4.78, 5) is 13.2. The summed E-state index contributed by atoms with van der Waals surface area (Å²) in [5.41, 5.74) is 7.16. The molecule has 0 fully saturated rings. The fraction of sp³-hybridized carbons (Fsp3) is 0.136. The van der Waals surface area contributed by atoms with Crippen LogP contribution in [0.4, 0.5) is 17.5 Å². The molecule has 2 aromatic carbocycles. The Morgan fingerprint density at radius 2 is 1.86 bits per heavy atom. The van der Waals surface area contributed by atoms with Gasteiger partial charge in [-0.2, -0.15) is 14.9 Å². The number of aliphatic hydroxyl groups excluding tert-OH is 1. The molecule has 0 radical (unpaired) electrons.